The first kappa shape index (κ1) is 12.6. The summed E-state index contributed by atoms with van der Waals surface area (Å²) in [6.07, 6.45) is 3.93. The molecule has 0 saturated carbocycles. The first-order valence-electron chi connectivity index (χ1n) is 5.53. The molecule has 17 heavy (non-hydrogen) atoms. The second-order valence-electron chi connectivity index (χ2n) is 4.04. The van der Waals surface area contributed by atoms with Crippen LogP contribution in [0, 0.1) is 0 Å². The Morgan fingerprint density at radius 3 is 2.47 bits per heavy atom. The van der Waals surface area contributed by atoms with E-state index in [0.717, 1.165) is 0 Å². The molecule has 0 aliphatic rings. The van der Waals surface area contributed by atoms with Gasteiger partial charge in [-0.05, 0) is 0 Å². The monoisotopic (exact) mass is 342 g/mol. The zero-order valence-corrected chi connectivity index (χ0v) is 12.5. The maximum absolute atomic E-state index is 4.19. The zero-order chi connectivity index (χ0) is 12.3. The maximum atomic E-state index is 4.19. The molecule has 1 aromatic heterocycles. The molecular formula is C13H17IN3-. The Hall–Kier alpha value is -0.880. The molecule has 1 aromatic carbocycles. The van der Waals surface area contributed by atoms with E-state index in [1.807, 2.05) is 24.1 Å². The van der Waals surface area contributed by atoms with Crippen molar-refractivity contribution in [1.82, 2.24) is 13.3 Å². The molecule has 1 unspecified atom stereocenters. The van der Waals surface area contributed by atoms with Crippen LogP contribution < -0.4 is 25.0 Å². The van der Waals surface area contributed by atoms with Gasteiger partial charge in [0.15, 0.2) is 0 Å². The number of nitrogens with one attached hydrogen (secondary N) is 1. The molecule has 2 rings (SSSR count). The second-order valence-corrected chi connectivity index (χ2v) is 5.75. The van der Waals surface area contributed by atoms with E-state index in [2.05, 4.69) is 44.7 Å². The van der Waals surface area contributed by atoms with Gasteiger partial charge in [0, 0.05) is 0 Å². The van der Waals surface area contributed by atoms with Gasteiger partial charge in [0.1, 0.15) is 0 Å². The number of hydrogen-bond donors (Lipinski definition) is 1. The van der Waals surface area contributed by atoms with E-state index >= 15 is 0 Å². The quantitative estimate of drug-likeness (QED) is 0.456. The van der Waals surface area contributed by atoms with Crippen molar-refractivity contribution < 1.29 is 21.5 Å². The summed E-state index contributed by atoms with van der Waals surface area (Å²) in [5.74, 6) is 0. The van der Waals surface area contributed by atoms with E-state index in [1.165, 1.54) is 16.7 Å². The van der Waals surface area contributed by atoms with Crippen LogP contribution in [0.25, 0.3) is 11.1 Å². The minimum absolute atomic E-state index is 0.129. The van der Waals surface area contributed by atoms with Crippen LogP contribution >= 0.6 is 0 Å². The van der Waals surface area contributed by atoms with Gasteiger partial charge in [0.2, 0.25) is 0 Å². The van der Waals surface area contributed by atoms with Crippen molar-refractivity contribution in [3.8, 4) is 11.1 Å². The summed E-state index contributed by atoms with van der Waals surface area (Å²) in [6.45, 7) is 2.21. The molecule has 0 aliphatic carbocycles. The average Bonchev–Trinajstić information content (AvgIpc) is 2.76. The molecule has 1 atom stereocenters. The number of nitrogens with zero attached hydrogens (tertiary/aromatic N) is 2. The normalized spacial score (nSPS) is 12.9. The third-order valence-electron chi connectivity index (χ3n) is 2.72. The Bertz CT molecular complexity index is 476. The number of benzene rings is 1. The number of aromatic nitrogens is 2. The second kappa shape index (κ2) is 5.64. The summed E-state index contributed by atoms with van der Waals surface area (Å²) in [5, 5.41) is 4.19. The van der Waals surface area contributed by atoms with Crippen molar-refractivity contribution in [2.75, 3.05) is 4.93 Å². The number of rotatable bonds is 4. The molecule has 0 fully saturated rings. The van der Waals surface area contributed by atoms with Crippen LogP contribution in [0.4, 0.5) is 0 Å². The predicted molar refractivity (Wildman–Crippen MR) is 66.1 cm³/mol. The molecule has 0 saturated heterocycles. The zero-order valence-electron chi connectivity index (χ0n) is 10.3. The van der Waals surface area contributed by atoms with Crippen LogP contribution in [0.5, 0.6) is 0 Å². The summed E-state index contributed by atoms with van der Waals surface area (Å²) in [5.41, 5.74) is 3.74. The molecule has 4 heteroatoms. The van der Waals surface area contributed by atoms with Gasteiger partial charge in [-0.15, -0.1) is 0 Å². The Morgan fingerprint density at radius 1 is 1.24 bits per heavy atom. The molecule has 0 bridgehead atoms. The number of aryl methyl sites for hydroxylation is 1. The molecule has 1 N–H and O–H groups in total. The molecule has 2 aromatic rings. The van der Waals surface area contributed by atoms with Crippen LogP contribution in [-0.2, 0) is 7.05 Å². The topological polar surface area (TPSA) is 29.9 Å². The van der Waals surface area contributed by atoms with Gasteiger partial charge in [-0.3, -0.25) is 0 Å². The fraction of sp³-hybridized carbons (Fsp3) is 0.308. The van der Waals surface area contributed by atoms with Gasteiger partial charge in [0.05, 0.1) is 0 Å². The van der Waals surface area contributed by atoms with Crippen LogP contribution in [-0.4, -0.2) is 14.7 Å². The van der Waals surface area contributed by atoms with Crippen molar-refractivity contribution >= 4 is 0 Å². The number of halogens is 1. The minimum atomic E-state index is 0.129. The van der Waals surface area contributed by atoms with Crippen LogP contribution in [0.2, 0.25) is 0 Å². The third-order valence-corrected chi connectivity index (χ3v) is 4.28. The van der Waals surface area contributed by atoms with E-state index in [-0.39, 0.29) is 21.5 Å². The van der Waals surface area contributed by atoms with E-state index in [4.69, 9.17) is 0 Å². The molecule has 0 aliphatic heterocycles. The van der Waals surface area contributed by atoms with Crippen molar-refractivity contribution in [2.24, 2.45) is 7.05 Å². The number of alkyl halides is 1. The van der Waals surface area contributed by atoms with Gasteiger partial charge in [-0.25, -0.2) is 0 Å². The molecule has 0 amide bonds. The molecule has 1 heterocycles. The Balaban J connectivity index is 2.18. The third kappa shape index (κ3) is 3.07. The fourth-order valence-corrected chi connectivity index (χ4v) is 3.06. The predicted octanol–water partition coefficient (Wildman–Crippen LogP) is -0.628. The first-order valence-corrected chi connectivity index (χ1v) is 8.77. The van der Waals surface area contributed by atoms with Crippen LogP contribution in [0.15, 0.2) is 36.7 Å². The average molecular weight is 342 g/mol. The fourth-order valence-electron chi connectivity index (χ4n) is 1.76. The summed E-state index contributed by atoms with van der Waals surface area (Å²) >= 11 is 0.129. The molecule has 0 radical (unpaired) electrons. The Kier molecular flexibility index (Phi) is 4.17. The standard InChI is InChI=1S/C13H17IN3/c1-10(16-14-2)11-4-6-12(7-5-11)13-8-15-17(3)9-13/h4-10,16H,1-3H3/q-1. The van der Waals surface area contributed by atoms with E-state index in [9.17, 15) is 0 Å². The van der Waals surface area contributed by atoms with Crippen molar-refractivity contribution in [1.29, 1.82) is 0 Å². The van der Waals surface area contributed by atoms with Crippen molar-refractivity contribution in [2.45, 2.75) is 13.0 Å². The van der Waals surface area contributed by atoms with Crippen LogP contribution in [0.3, 0.4) is 0 Å². The van der Waals surface area contributed by atoms with Gasteiger partial charge >= 0.3 is 113 Å². The summed E-state index contributed by atoms with van der Waals surface area (Å²) in [4.78, 5) is 2.24. The van der Waals surface area contributed by atoms with Gasteiger partial charge < -0.3 is 0 Å². The first-order chi connectivity index (χ1) is 8.20. The summed E-state index contributed by atoms with van der Waals surface area (Å²) in [6, 6.07) is 9.17. The van der Waals surface area contributed by atoms with Gasteiger partial charge in [-0.2, -0.15) is 0 Å². The molecular weight excluding hydrogens is 325 g/mol. The van der Waals surface area contributed by atoms with Crippen molar-refractivity contribution in [3.63, 3.8) is 0 Å². The van der Waals surface area contributed by atoms with Gasteiger partial charge in [0.25, 0.3) is 0 Å². The van der Waals surface area contributed by atoms with Gasteiger partial charge in [-0.1, -0.05) is 0 Å². The summed E-state index contributed by atoms with van der Waals surface area (Å²) in [7, 11) is 1.94. The Morgan fingerprint density at radius 2 is 1.94 bits per heavy atom. The summed E-state index contributed by atoms with van der Waals surface area (Å²) < 4.78 is 5.35. The molecule has 92 valence electrons. The van der Waals surface area contributed by atoms with Crippen molar-refractivity contribution in [3.05, 3.63) is 42.2 Å². The van der Waals surface area contributed by atoms with E-state index in [1.54, 1.807) is 0 Å². The van der Waals surface area contributed by atoms with E-state index < -0.39 is 0 Å². The molecule has 0 spiro atoms. The molecule has 3 nitrogen and oxygen atoms in total. The van der Waals surface area contributed by atoms with Crippen LogP contribution in [0.1, 0.15) is 18.5 Å². The van der Waals surface area contributed by atoms with E-state index in [0.29, 0.717) is 6.04 Å². The number of hydrogen-bond acceptors (Lipinski definition) is 2. The SMILES string of the molecule is C[I-]NC(C)c1ccc(-c2cnn(C)c2)cc1. The Labute approximate surface area is 113 Å².